The zero-order valence-electron chi connectivity index (χ0n) is 16.9. The summed E-state index contributed by atoms with van der Waals surface area (Å²) in [6, 6.07) is 6.21. The Morgan fingerprint density at radius 1 is 1.16 bits per heavy atom. The second kappa shape index (κ2) is 7.60. The van der Waals surface area contributed by atoms with Crippen molar-refractivity contribution in [1.29, 1.82) is 0 Å². The van der Waals surface area contributed by atoms with E-state index in [1.807, 2.05) is 0 Å². The van der Waals surface area contributed by atoms with Crippen molar-refractivity contribution < 1.29 is 31.9 Å². The molecule has 166 valence electrons. The smallest absolute Gasteiger partial charge is 0.266 e. The van der Waals surface area contributed by atoms with Crippen LogP contribution < -0.4 is 23.7 Å². The molecule has 0 saturated heterocycles. The Bertz CT molecular complexity index is 1400. The molecule has 1 aliphatic rings. The minimum absolute atomic E-state index is 0.00687. The van der Waals surface area contributed by atoms with Gasteiger partial charge in [-0.05, 0) is 6.07 Å². The van der Waals surface area contributed by atoms with Gasteiger partial charge in [0.1, 0.15) is 16.0 Å². The summed E-state index contributed by atoms with van der Waals surface area (Å²) in [4.78, 5) is 4.28. The molecule has 5 rings (SSSR count). The van der Waals surface area contributed by atoms with Crippen LogP contribution in [-0.4, -0.2) is 49.4 Å². The van der Waals surface area contributed by atoms with E-state index in [0.717, 1.165) is 0 Å². The van der Waals surface area contributed by atoms with Crippen LogP contribution in [0.3, 0.4) is 0 Å². The van der Waals surface area contributed by atoms with Crippen molar-refractivity contribution in [2.75, 3.05) is 25.7 Å². The minimum atomic E-state index is -4.15. The topological polar surface area (TPSA) is 140 Å². The Labute approximate surface area is 181 Å². The first-order chi connectivity index (χ1) is 15.5. The number of ether oxygens (including phenoxy) is 4. The largest absolute Gasteiger partial charge is 0.495 e. The maximum Gasteiger partial charge on any atom is 0.266 e. The van der Waals surface area contributed by atoms with Gasteiger partial charge in [-0.2, -0.15) is 5.10 Å². The Kier molecular flexibility index (Phi) is 4.74. The highest BCUT2D eigenvalue weighted by Gasteiger charge is 2.28. The average molecular weight is 459 g/mol. The molecule has 3 aromatic heterocycles. The molecule has 12 nitrogen and oxygen atoms in total. The van der Waals surface area contributed by atoms with E-state index in [2.05, 4.69) is 20.0 Å². The standard InChI is InChI=1S/C19H17N5O7S/c1-27-14-7-12-13(30-10-29-12)8-16(14)32(25,26)23-18-17-15(31-22-18)6-11(21-19(17)28-2)9-24-5-3-4-20-24/h3-8H,9-10H2,1-2H3,(H,22,23). The van der Waals surface area contributed by atoms with E-state index in [0.29, 0.717) is 29.3 Å². The molecule has 32 heavy (non-hydrogen) atoms. The van der Waals surface area contributed by atoms with Crippen LogP contribution in [0.15, 0.2) is 46.1 Å². The number of fused-ring (bicyclic) bond motifs is 2. The number of nitrogens with zero attached hydrogens (tertiary/aromatic N) is 4. The lowest BCUT2D eigenvalue weighted by Crippen LogP contribution is -2.15. The predicted octanol–water partition coefficient (Wildman–Crippen LogP) is 2.01. The van der Waals surface area contributed by atoms with Crippen molar-refractivity contribution in [2.24, 2.45) is 0 Å². The zero-order chi connectivity index (χ0) is 22.3. The summed E-state index contributed by atoms with van der Waals surface area (Å²) < 4.78 is 56.9. The third-order valence-electron chi connectivity index (χ3n) is 4.73. The fourth-order valence-electron chi connectivity index (χ4n) is 3.29. The van der Waals surface area contributed by atoms with Gasteiger partial charge in [-0.1, -0.05) is 5.16 Å². The molecule has 0 bridgehead atoms. The van der Waals surface area contributed by atoms with E-state index in [1.54, 1.807) is 29.2 Å². The number of hydrogen-bond donors (Lipinski definition) is 1. The number of hydrogen-bond acceptors (Lipinski definition) is 10. The minimum Gasteiger partial charge on any atom is -0.495 e. The van der Waals surface area contributed by atoms with Crippen LogP contribution in [0.5, 0.6) is 23.1 Å². The SMILES string of the molecule is COc1cc2c(cc1S(=O)(=O)Nc1noc3cc(Cn4cccn4)nc(OC)c13)OCO2. The highest BCUT2D eigenvalue weighted by atomic mass is 32.2. The number of pyridine rings is 1. The number of methoxy groups -OCH3 is 2. The van der Waals surface area contributed by atoms with E-state index in [1.165, 1.54) is 26.4 Å². The molecule has 1 aliphatic heterocycles. The van der Waals surface area contributed by atoms with Crippen molar-refractivity contribution in [1.82, 2.24) is 19.9 Å². The lowest BCUT2D eigenvalue weighted by Gasteiger charge is -2.11. The monoisotopic (exact) mass is 459 g/mol. The van der Waals surface area contributed by atoms with Crippen molar-refractivity contribution in [2.45, 2.75) is 11.4 Å². The first-order valence-electron chi connectivity index (χ1n) is 9.29. The highest BCUT2D eigenvalue weighted by molar-refractivity contribution is 7.92. The third kappa shape index (κ3) is 3.41. The molecule has 0 fully saturated rings. The maximum atomic E-state index is 13.2. The maximum absolute atomic E-state index is 13.2. The molecule has 4 heterocycles. The highest BCUT2D eigenvalue weighted by Crippen LogP contribution is 2.41. The molecule has 1 N–H and O–H groups in total. The summed E-state index contributed by atoms with van der Waals surface area (Å²) in [7, 11) is -1.37. The second-order valence-corrected chi connectivity index (χ2v) is 8.34. The van der Waals surface area contributed by atoms with Gasteiger partial charge in [-0.25, -0.2) is 13.4 Å². The molecule has 0 saturated carbocycles. The van der Waals surface area contributed by atoms with Crippen molar-refractivity contribution >= 4 is 26.8 Å². The lowest BCUT2D eigenvalue weighted by molar-refractivity contribution is 0.173. The Hall–Kier alpha value is -4.00. The third-order valence-corrected chi connectivity index (χ3v) is 6.09. The molecular weight excluding hydrogens is 442 g/mol. The van der Waals surface area contributed by atoms with Crippen LogP contribution in [0.25, 0.3) is 11.0 Å². The fraction of sp³-hybridized carbons (Fsp3) is 0.211. The van der Waals surface area contributed by atoms with Crippen LogP contribution in [-0.2, 0) is 16.6 Å². The summed E-state index contributed by atoms with van der Waals surface area (Å²) in [5.41, 5.74) is 0.899. The van der Waals surface area contributed by atoms with Gasteiger partial charge < -0.3 is 23.5 Å². The van der Waals surface area contributed by atoms with Gasteiger partial charge in [-0.3, -0.25) is 9.40 Å². The van der Waals surface area contributed by atoms with Gasteiger partial charge in [0.05, 0.1) is 26.5 Å². The van der Waals surface area contributed by atoms with Crippen molar-refractivity contribution in [3.8, 4) is 23.1 Å². The van der Waals surface area contributed by atoms with Crippen LogP contribution >= 0.6 is 0 Å². The molecule has 0 amide bonds. The van der Waals surface area contributed by atoms with Gasteiger partial charge in [0.15, 0.2) is 22.9 Å². The van der Waals surface area contributed by atoms with Crippen LogP contribution in [0.1, 0.15) is 5.69 Å². The molecule has 13 heteroatoms. The Balaban J connectivity index is 1.53. The van der Waals surface area contributed by atoms with E-state index in [4.69, 9.17) is 23.5 Å². The van der Waals surface area contributed by atoms with Crippen LogP contribution in [0.2, 0.25) is 0 Å². The Morgan fingerprint density at radius 3 is 2.69 bits per heavy atom. The Morgan fingerprint density at radius 2 is 1.97 bits per heavy atom. The van der Waals surface area contributed by atoms with Crippen molar-refractivity contribution in [3.63, 3.8) is 0 Å². The molecule has 4 aromatic rings. The van der Waals surface area contributed by atoms with E-state index >= 15 is 0 Å². The normalized spacial score (nSPS) is 12.8. The quantitative estimate of drug-likeness (QED) is 0.436. The van der Waals surface area contributed by atoms with Gasteiger partial charge >= 0.3 is 0 Å². The van der Waals surface area contributed by atoms with E-state index < -0.39 is 10.0 Å². The van der Waals surface area contributed by atoms with E-state index in [-0.39, 0.29) is 34.5 Å². The summed E-state index contributed by atoms with van der Waals surface area (Å²) in [5, 5.41) is 8.30. The number of sulfonamides is 1. The lowest BCUT2D eigenvalue weighted by atomic mass is 10.2. The van der Waals surface area contributed by atoms with Gasteiger partial charge in [0.25, 0.3) is 10.0 Å². The van der Waals surface area contributed by atoms with Crippen molar-refractivity contribution in [3.05, 3.63) is 42.4 Å². The summed E-state index contributed by atoms with van der Waals surface area (Å²) >= 11 is 0. The zero-order valence-corrected chi connectivity index (χ0v) is 17.7. The number of nitrogens with one attached hydrogen (secondary N) is 1. The molecule has 0 spiro atoms. The summed E-state index contributed by atoms with van der Waals surface area (Å²) in [6.45, 7) is 0.364. The summed E-state index contributed by atoms with van der Waals surface area (Å²) in [5.74, 6) is 0.846. The van der Waals surface area contributed by atoms with E-state index in [9.17, 15) is 8.42 Å². The fourth-order valence-corrected chi connectivity index (χ4v) is 4.47. The van der Waals surface area contributed by atoms with Crippen LogP contribution in [0.4, 0.5) is 5.82 Å². The van der Waals surface area contributed by atoms with Crippen LogP contribution in [0, 0.1) is 0 Å². The number of rotatable bonds is 7. The summed E-state index contributed by atoms with van der Waals surface area (Å²) in [6.07, 6.45) is 3.44. The molecule has 0 atom stereocenters. The number of benzene rings is 1. The molecule has 0 radical (unpaired) electrons. The van der Waals surface area contributed by atoms with Gasteiger partial charge in [0.2, 0.25) is 12.7 Å². The second-order valence-electron chi connectivity index (χ2n) is 6.69. The number of aromatic nitrogens is 4. The molecule has 0 unspecified atom stereocenters. The molecular formula is C19H17N5O7S. The first-order valence-corrected chi connectivity index (χ1v) is 10.8. The molecule has 0 aliphatic carbocycles. The molecule has 1 aromatic carbocycles. The average Bonchev–Trinajstić information content (AvgIpc) is 3.53. The van der Waals surface area contributed by atoms with Gasteiger partial charge in [0, 0.05) is 30.6 Å². The number of anilines is 1. The first kappa shape index (κ1) is 19.9. The van der Waals surface area contributed by atoms with Gasteiger partial charge in [-0.15, -0.1) is 0 Å². The predicted molar refractivity (Wildman–Crippen MR) is 110 cm³/mol.